The van der Waals surface area contributed by atoms with Crippen molar-refractivity contribution in [3.05, 3.63) is 28.8 Å². The van der Waals surface area contributed by atoms with Crippen molar-refractivity contribution in [2.24, 2.45) is 5.92 Å². The quantitative estimate of drug-likeness (QED) is 0.706. The molecule has 6 nitrogen and oxygen atoms in total. The molecule has 0 aliphatic carbocycles. The number of amides is 1. The van der Waals surface area contributed by atoms with Gasteiger partial charge in [0.1, 0.15) is 0 Å². The number of carbonyl (C=O) groups excluding carboxylic acids is 1. The van der Waals surface area contributed by atoms with Crippen molar-refractivity contribution in [2.45, 2.75) is 23.9 Å². The van der Waals surface area contributed by atoms with Gasteiger partial charge in [0, 0.05) is 32.7 Å². The summed E-state index contributed by atoms with van der Waals surface area (Å²) in [4.78, 5) is 11.5. The zero-order valence-corrected chi connectivity index (χ0v) is 16.1. The second-order valence-electron chi connectivity index (χ2n) is 6.10. The second kappa shape index (κ2) is 8.76. The first-order chi connectivity index (χ1) is 12.6. The van der Waals surface area contributed by atoms with Gasteiger partial charge in [-0.2, -0.15) is 17.5 Å². The first-order valence-corrected chi connectivity index (χ1v) is 10.0. The number of hydrogen-bond donors (Lipinski definition) is 1. The van der Waals surface area contributed by atoms with Gasteiger partial charge in [0.25, 0.3) is 0 Å². The number of nitrogens with one attached hydrogen (secondary N) is 1. The fraction of sp³-hybridized carbons (Fsp3) is 0.562. The largest absolute Gasteiger partial charge is 0.417 e. The number of methoxy groups -OCH3 is 1. The van der Waals surface area contributed by atoms with E-state index >= 15 is 0 Å². The molecule has 1 N–H and O–H groups in total. The highest BCUT2D eigenvalue weighted by Gasteiger charge is 2.36. The Morgan fingerprint density at radius 1 is 1.33 bits per heavy atom. The summed E-state index contributed by atoms with van der Waals surface area (Å²) in [6.07, 6.45) is -4.18. The molecular formula is C16H20ClF3N2O4S. The van der Waals surface area contributed by atoms with Crippen LogP contribution in [0.5, 0.6) is 0 Å². The molecule has 1 aromatic rings. The molecule has 1 aromatic carbocycles. The van der Waals surface area contributed by atoms with Gasteiger partial charge in [-0.15, -0.1) is 0 Å². The molecule has 11 heteroatoms. The van der Waals surface area contributed by atoms with Crippen molar-refractivity contribution < 1.29 is 31.1 Å². The molecule has 0 radical (unpaired) electrons. The van der Waals surface area contributed by atoms with Gasteiger partial charge in [-0.3, -0.25) is 4.79 Å². The van der Waals surface area contributed by atoms with Crippen LogP contribution in [-0.2, 0) is 25.7 Å². The molecule has 0 saturated carbocycles. The highest BCUT2D eigenvalue weighted by atomic mass is 35.5. The zero-order chi connectivity index (χ0) is 20.2. The maximum absolute atomic E-state index is 13.0. The molecule has 1 aliphatic rings. The van der Waals surface area contributed by atoms with Gasteiger partial charge in [0.15, 0.2) is 0 Å². The van der Waals surface area contributed by atoms with Crippen molar-refractivity contribution in [1.29, 1.82) is 0 Å². The van der Waals surface area contributed by atoms with E-state index in [9.17, 15) is 26.4 Å². The standard InChI is InChI=1S/C16H20ClF3N2O4S/c1-26-9-6-21-15(23)11-4-7-22(8-5-11)27(24,25)12-2-3-14(17)13(10-12)16(18,19)20/h2-3,10-11H,4-9H2,1H3,(H,21,23). The first-order valence-electron chi connectivity index (χ1n) is 8.21. The van der Waals surface area contributed by atoms with E-state index in [0.717, 1.165) is 16.4 Å². The monoisotopic (exact) mass is 428 g/mol. The number of piperidine rings is 1. The molecule has 0 spiro atoms. The lowest BCUT2D eigenvalue weighted by atomic mass is 9.97. The third-order valence-electron chi connectivity index (χ3n) is 4.31. The van der Waals surface area contributed by atoms with Crippen LogP contribution in [-0.4, -0.2) is 52.0 Å². The third-order valence-corrected chi connectivity index (χ3v) is 6.54. The van der Waals surface area contributed by atoms with Crippen LogP contribution in [0.1, 0.15) is 18.4 Å². The summed E-state index contributed by atoms with van der Waals surface area (Å²) in [6, 6.07) is 2.52. The molecule has 1 amide bonds. The highest BCUT2D eigenvalue weighted by molar-refractivity contribution is 7.89. The molecular weight excluding hydrogens is 409 g/mol. The van der Waals surface area contributed by atoms with Gasteiger partial charge in [0.2, 0.25) is 15.9 Å². The Kier molecular flexibility index (Phi) is 7.12. The first kappa shape index (κ1) is 21.9. The van der Waals surface area contributed by atoms with Crippen LogP contribution in [0.15, 0.2) is 23.1 Å². The number of alkyl halides is 3. The Balaban J connectivity index is 2.08. The minimum Gasteiger partial charge on any atom is -0.383 e. The van der Waals surface area contributed by atoms with E-state index in [1.54, 1.807) is 0 Å². The number of nitrogens with zero attached hydrogens (tertiary/aromatic N) is 1. The molecule has 2 rings (SSSR count). The van der Waals surface area contributed by atoms with Crippen molar-refractivity contribution in [2.75, 3.05) is 33.4 Å². The molecule has 1 fully saturated rings. The van der Waals surface area contributed by atoms with Crippen LogP contribution in [0.25, 0.3) is 0 Å². The van der Waals surface area contributed by atoms with Crippen LogP contribution in [0.4, 0.5) is 13.2 Å². The molecule has 152 valence electrons. The summed E-state index contributed by atoms with van der Waals surface area (Å²) in [6.45, 7) is 0.833. The van der Waals surface area contributed by atoms with Gasteiger partial charge >= 0.3 is 6.18 Å². The van der Waals surface area contributed by atoms with E-state index in [2.05, 4.69) is 5.32 Å². The maximum Gasteiger partial charge on any atom is 0.417 e. The Labute approximate surface area is 160 Å². The Morgan fingerprint density at radius 2 is 1.96 bits per heavy atom. The maximum atomic E-state index is 13.0. The summed E-state index contributed by atoms with van der Waals surface area (Å²) in [7, 11) is -2.60. The fourth-order valence-corrected chi connectivity index (χ4v) is 4.53. The van der Waals surface area contributed by atoms with Gasteiger partial charge < -0.3 is 10.1 Å². The van der Waals surface area contributed by atoms with Crippen molar-refractivity contribution >= 4 is 27.5 Å². The summed E-state index contributed by atoms with van der Waals surface area (Å²) >= 11 is 5.54. The number of benzene rings is 1. The van der Waals surface area contributed by atoms with E-state index in [-0.39, 0.29) is 37.8 Å². The van der Waals surface area contributed by atoms with Crippen LogP contribution >= 0.6 is 11.6 Å². The minimum absolute atomic E-state index is 0.0503. The van der Waals surface area contributed by atoms with Gasteiger partial charge in [0.05, 0.1) is 22.1 Å². The van der Waals surface area contributed by atoms with E-state index in [1.807, 2.05) is 0 Å². The van der Waals surface area contributed by atoms with E-state index < -0.39 is 31.7 Å². The van der Waals surface area contributed by atoms with E-state index in [4.69, 9.17) is 16.3 Å². The second-order valence-corrected chi connectivity index (χ2v) is 8.45. The minimum atomic E-state index is -4.75. The number of ether oxygens (including phenoxy) is 1. The summed E-state index contributed by atoms with van der Waals surface area (Å²) in [5, 5.41) is 2.14. The van der Waals surface area contributed by atoms with Crippen LogP contribution < -0.4 is 5.32 Å². The molecule has 1 heterocycles. The summed E-state index contributed by atoms with van der Waals surface area (Å²) in [5.41, 5.74) is -1.20. The van der Waals surface area contributed by atoms with Gasteiger partial charge in [-0.1, -0.05) is 11.6 Å². The Morgan fingerprint density at radius 3 is 2.52 bits per heavy atom. The summed E-state index contributed by atoms with van der Waals surface area (Å²) in [5.74, 6) is -0.529. The average Bonchev–Trinajstić information content (AvgIpc) is 2.61. The molecule has 27 heavy (non-hydrogen) atoms. The normalized spacial score (nSPS) is 17.1. The number of carbonyl (C=O) groups is 1. The number of sulfonamides is 1. The highest BCUT2D eigenvalue weighted by Crippen LogP contribution is 2.36. The number of hydrogen-bond acceptors (Lipinski definition) is 4. The molecule has 1 aliphatic heterocycles. The number of halogens is 4. The number of rotatable bonds is 6. The average molecular weight is 429 g/mol. The molecule has 0 atom stereocenters. The fourth-order valence-electron chi connectivity index (χ4n) is 2.81. The van der Waals surface area contributed by atoms with E-state index in [0.29, 0.717) is 19.2 Å². The zero-order valence-electron chi connectivity index (χ0n) is 14.6. The van der Waals surface area contributed by atoms with Crippen LogP contribution in [0.3, 0.4) is 0 Å². The summed E-state index contributed by atoms with van der Waals surface area (Å²) < 4.78 is 70.2. The lowest BCUT2D eigenvalue weighted by molar-refractivity contribution is -0.137. The topological polar surface area (TPSA) is 75.7 Å². The Hall–Kier alpha value is -1.36. The molecule has 0 bridgehead atoms. The third kappa shape index (κ3) is 5.34. The predicted octanol–water partition coefficient (Wildman–Crippen LogP) is 2.52. The van der Waals surface area contributed by atoms with Crippen LogP contribution in [0, 0.1) is 5.92 Å². The van der Waals surface area contributed by atoms with Gasteiger partial charge in [-0.05, 0) is 31.0 Å². The smallest absolute Gasteiger partial charge is 0.383 e. The lowest BCUT2D eigenvalue weighted by Gasteiger charge is -2.30. The molecule has 1 saturated heterocycles. The van der Waals surface area contributed by atoms with Crippen molar-refractivity contribution in [1.82, 2.24) is 9.62 Å². The predicted molar refractivity (Wildman–Crippen MR) is 92.8 cm³/mol. The molecule has 0 unspecified atom stereocenters. The van der Waals surface area contributed by atoms with Gasteiger partial charge in [-0.25, -0.2) is 8.42 Å². The molecule has 0 aromatic heterocycles. The van der Waals surface area contributed by atoms with Crippen molar-refractivity contribution in [3.8, 4) is 0 Å². The lowest BCUT2D eigenvalue weighted by Crippen LogP contribution is -2.43. The van der Waals surface area contributed by atoms with Crippen molar-refractivity contribution in [3.63, 3.8) is 0 Å². The Bertz CT molecular complexity index is 778. The SMILES string of the molecule is COCCNC(=O)C1CCN(S(=O)(=O)c2ccc(Cl)c(C(F)(F)F)c2)CC1. The van der Waals surface area contributed by atoms with Crippen LogP contribution in [0.2, 0.25) is 5.02 Å². The van der Waals surface area contributed by atoms with E-state index in [1.165, 1.54) is 7.11 Å².